The zero-order chi connectivity index (χ0) is 11.9. The van der Waals surface area contributed by atoms with Crippen LogP contribution >= 0.6 is 0 Å². The topological polar surface area (TPSA) is 62.0 Å². The Balaban J connectivity index is 2.65. The van der Waals surface area contributed by atoms with Crippen molar-refractivity contribution in [2.24, 2.45) is 5.16 Å². The number of nitrogens with zero attached hydrogens (tertiary/aromatic N) is 1. The normalized spacial score (nSPS) is 18.1. The second kappa shape index (κ2) is 3.57. The summed E-state index contributed by atoms with van der Waals surface area (Å²) in [6.07, 6.45) is 1.01. The number of hydrogen-bond donors (Lipinski definition) is 2. The minimum absolute atomic E-state index is 0.159. The number of rotatable bonds is 1. The maximum atomic E-state index is 14.0. The van der Waals surface area contributed by atoms with Gasteiger partial charge in [0.25, 0.3) is 0 Å². The van der Waals surface area contributed by atoms with Gasteiger partial charge in [-0.1, -0.05) is 17.3 Å². The maximum absolute atomic E-state index is 14.0. The lowest BCUT2D eigenvalue weighted by Crippen LogP contribution is -2.28. The van der Waals surface area contributed by atoms with Gasteiger partial charge >= 0.3 is 7.12 Å². The molecular formula is C10H11BFNO3. The summed E-state index contributed by atoms with van der Waals surface area (Å²) in [5.74, 6) is -0.531. The van der Waals surface area contributed by atoms with E-state index in [1.54, 1.807) is 19.9 Å². The van der Waals surface area contributed by atoms with Crippen molar-refractivity contribution in [3.63, 3.8) is 0 Å². The summed E-state index contributed by atoms with van der Waals surface area (Å²) < 4.78 is 19.3. The average molecular weight is 223 g/mol. The Morgan fingerprint density at radius 1 is 1.50 bits per heavy atom. The van der Waals surface area contributed by atoms with Crippen LogP contribution in [0.2, 0.25) is 0 Å². The molecule has 0 amide bonds. The molecule has 0 aromatic heterocycles. The summed E-state index contributed by atoms with van der Waals surface area (Å²) in [4.78, 5) is 0. The van der Waals surface area contributed by atoms with Gasteiger partial charge in [-0.15, -0.1) is 0 Å². The number of fused-ring (bicyclic) bond motifs is 1. The average Bonchev–Trinajstić information content (AvgIpc) is 2.42. The highest BCUT2D eigenvalue weighted by Crippen LogP contribution is 2.32. The van der Waals surface area contributed by atoms with Gasteiger partial charge in [0.2, 0.25) is 0 Å². The molecule has 0 saturated heterocycles. The summed E-state index contributed by atoms with van der Waals surface area (Å²) >= 11 is 0. The number of benzene rings is 1. The SMILES string of the molecule is CC1(C)OB(O)c2ccc(/C=N\O)c(F)c21. The van der Waals surface area contributed by atoms with Crippen LogP contribution in [-0.2, 0) is 10.3 Å². The van der Waals surface area contributed by atoms with E-state index in [9.17, 15) is 9.41 Å². The summed E-state index contributed by atoms with van der Waals surface area (Å²) in [5.41, 5.74) is -0.0139. The first kappa shape index (κ1) is 11.1. The molecule has 6 heteroatoms. The molecule has 0 atom stereocenters. The minimum Gasteiger partial charge on any atom is -0.423 e. The molecule has 0 saturated carbocycles. The van der Waals surface area contributed by atoms with Crippen molar-refractivity contribution in [1.29, 1.82) is 0 Å². The van der Waals surface area contributed by atoms with Crippen LogP contribution in [-0.4, -0.2) is 23.6 Å². The van der Waals surface area contributed by atoms with E-state index >= 15 is 0 Å². The molecule has 0 aliphatic carbocycles. The Labute approximate surface area is 92.5 Å². The molecular weight excluding hydrogens is 212 g/mol. The van der Waals surface area contributed by atoms with E-state index in [0.717, 1.165) is 6.21 Å². The van der Waals surface area contributed by atoms with E-state index in [2.05, 4.69) is 5.16 Å². The fourth-order valence-corrected chi connectivity index (χ4v) is 1.99. The lowest BCUT2D eigenvalue weighted by Gasteiger charge is -2.20. The van der Waals surface area contributed by atoms with Gasteiger partial charge in [-0.3, -0.25) is 0 Å². The number of hydrogen-bond acceptors (Lipinski definition) is 4. The third-order valence-electron chi connectivity index (χ3n) is 2.68. The molecule has 2 N–H and O–H groups in total. The van der Waals surface area contributed by atoms with Gasteiger partial charge in [-0.2, -0.15) is 0 Å². The highest BCUT2D eigenvalue weighted by molar-refractivity contribution is 6.62. The highest BCUT2D eigenvalue weighted by atomic mass is 19.1. The van der Waals surface area contributed by atoms with Gasteiger partial charge in [-0.25, -0.2) is 4.39 Å². The molecule has 4 nitrogen and oxygen atoms in total. The van der Waals surface area contributed by atoms with Crippen LogP contribution in [0.15, 0.2) is 17.3 Å². The first-order valence-electron chi connectivity index (χ1n) is 4.83. The van der Waals surface area contributed by atoms with Gasteiger partial charge in [0.05, 0.1) is 11.8 Å². The van der Waals surface area contributed by atoms with Crippen molar-refractivity contribution in [2.75, 3.05) is 0 Å². The first-order valence-corrected chi connectivity index (χ1v) is 4.83. The van der Waals surface area contributed by atoms with Crippen molar-refractivity contribution in [3.05, 3.63) is 29.1 Å². The van der Waals surface area contributed by atoms with Crippen LogP contribution in [0.3, 0.4) is 0 Å². The van der Waals surface area contributed by atoms with Crippen molar-refractivity contribution in [3.8, 4) is 0 Å². The molecule has 0 radical (unpaired) electrons. The van der Waals surface area contributed by atoms with Crippen LogP contribution in [0.5, 0.6) is 0 Å². The van der Waals surface area contributed by atoms with E-state index in [4.69, 9.17) is 9.86 Å². The smallest absolute Gasteiger partial charge is 0.423 e. The molecule has 1 aromatic rings. The summed E-state index contributed by atoms with van der Waals surface area (Å²) in [6.45, 7) is 3.34. The van der Waals surface area contributed by atoms with E-state index in [1.807, 2.05) is 0 Å². The van der Waals surface area contributed by atoms with Crippen LogP contribution in [0.1, 0.15) is 25.0 Å². The predicted octanol–water partition coefficient (Wildman–Crippen LogP) is 0.587. The largest absolute Gasteiger partial charge is 0.492 e. The molecule has 0 fully saturated rings. The van der Waals surface area contributed by atoms with Crippen molar-refractivity contribution in [1.82, 2.24) is 0 Å². The van der Waals surface area contributed by atoms with Gasteiger partial charge in [0, 0.05) is 11.1 Å². The first-order chi connectivity index (χ1) is 7.47. The van der Waals surface area contributed by atoms with Gasteiger partial charge in [0.1, 0.15) is 5.82 Å². The van der Waals surface area contributed by atoms with E-state index in [0.29, 0.717) is 11.0 Å². The fraction of sp³-hybridized carbons (Fsp3) is 0.300. The zero-order valence-electron chi connectivity index (χ0n) is 8.94. The minimum atomic E-state index is -1.11. The van der Waals surface area contributed by atoms with Crippen LogP contribution in [0.4, 0.5) is 4.39 Å². The molecule has 0 bridgehead atoms. The quantitative estimate of drug-likeness (QED) is 0.317. The third-order valence-corrected chi connectivity index (χ3v) is 2.68. The van der Waals surface area contributed by atoms with Gasteiger partial charge < -0.3 is 14.9 Å². The Morgan fingerprint density at radius 3 is 2.81 bits per heavy atom. The zero-order valence-corrected chi connectivity index (χ0v) is 8.94. The van der Waals surface area contributed by atoms with E-state index < -0.39 is 18.5 Å². The number of halogens is 1. The third kappa shape index (κ3) is 1.50. The summed E-state index contributed by atoms with van der Waals surface area (Å²) in [7, 11) is -1.11. The fourth-order valence-electron chi connectivity index (χ4n) is 1.99. The molecule has 0 unspecified atom stereocenters. The second-order valence-electron chi connectivity index (χ2n) is 4.16. The van der Waals surface area contributed by atoms with Crippen LogP contribution in [0.25, 0.3) is 0 Å². The Kier molecular flexibility index (Phi) is 2.48. The Bertz CT molecular complexity index is 462. The molecule has 1 aliphatic heterocycles. The predicted molar refractivity (Wildman–Crippen MR) is 57.5 cm³/mol. The van der Waals surface area contributed by atoms with Crippen molar-refractivity contribution < 1.29 is 19.3 Å². The highest BCUT2D eigenvalue weighted by Gasteiger charge is 2.43. The van der Waals surface area contributed by atoms with Crippen molar-refractivity contribution in [2.45, 2.75) is 19.4 Å². The summed E-state index contributed by atoms with van der Waals surface area (Å²) in [5, 5.41) is 20.8. The molecule has 1 heterocycles. The monoisotopic (exact) mass is 223 g/mol. The van der Waals surface area contributed by atoms with Crippen LogP contribution < -0.4 is 5.46 Å². The van der Waals surface area contributed by atoms with Crippen molar-refractivity contribution >= 4 is 18.8 Å². The van der Waals surface area contributed by atoms with Crippen LogP contribution in [0, 0.1) is 5.82 Å². The Morgan fingerprint density at radius 2 is 2.19 bits per heavy atom. The van der Waals surface area contributed by atoms with E-state index in [-0.39, 0.29) is 5.56 Å². The Hall–Kier alpha value is -1.40. The van der Waals surface area contributed by atoms with E-state index in [1.165, 1.54) is 6.07 Å². The number of oxime groups is 1. The molecule has 0 spiro atoms. The van der Waals surface area contributed by atoms with Gasteiger partial charge in [-0.05, 0) is 19.3 Å². The summed E-state index contributed by atoms with van der Waals surface area (Å²) in [6, 6.07) is 3.00. The maximum Gasteiger partial charge on any atom is 0.492 e. The molecule has 1 aliphatic rings. The molecule has 2 rings (SSSR count). The van der Waals surface area contributed by atoms with Gasteiger partial charge in [0.15, 0.2) is 0 Å². The lowest BCUT2D eigenvalue weighted by molar-refractivity contribution is 0.0973. The standard InChI is InChI=1S/C10H11BFNO3/c1-10(2)8-7(11(14)16-10)4-3-6(5-13-15)9(8)12/h3-5,14-15H,1-2H3/b13-5-. The lowest BCUT2D eigenvalue weighted by atomic mass is 9.77. The molecule has 16 heavy (non-hydrogen) atoms. The molecule has 1 aromatic carbocycles. The molecule has 84 valence electrons. The second-order valence-corrected chi connectivity index (χ2v) is 4.16.